The minimum atomic E-state index is -0.550. The number of pyridine rings is 1. The largest absolute Gasteiger partial charge is 0.394 e. The highest BCUT2D eigenvalue weighted by atomic mass is 16.5. The average molecular weight is 442 g/mol. The first-order valence-corrected chi connectivity index (χ1v) is 10.4. The zero-order valence-corrected chi connectivity index (χ0v) is 17.7. The topological polar surface area (TPSA) is 116 Å². The molecule has 1 aliphatic heterocycles. The zero-order chi connectivity index (χ0) is 23.2. The van der Waals surface area contributed by atoms with E-state index in [9.17, 15) is 14.7 Å². The number of hydrogen-bond acceptors (Lipinski definition) is 6. The molecule has 2 heterocycles. The van der Waals surface area contributed by atoms with Gasteiger partial charge in [-0.1, -0.05) is 18.2 Å². The molecule has 8 heteroatoms. The van der Waals surface area contributed by atoms with Crippen molar-refractivity contribution in [3.05, 3.63) is 95.3 Å². The molecule has 33 heavy (non-hydrogen) atoms. The van der Waals surface area contributed by atoms with Crippen molar-refractivity contribution in [2.75, 3.05) is 18.5 Å². The number of benzene rings is 2. The second-order valence-corrected chi connectivity index (χ2v) is 7.63. The molecule has 0 unspecified atom stereocenters. The van der Waals surface area contributed by atoms with Crippen LogP contribution in [0, 0.1) is 11.3 Å². The molecule has 8 nitrogen and oxygen atoms in total. The van der Waals surface area contributed by atoms with E-state index in [0.717, 1.165) is 11.1 Å². The number of nitrogens with zero attached hydrogens (tertiary/aromatic N) is 3. The van der Waals surface area contributed by atoms with Gasteiger partial charge in [-0.2, -0.15) is 5.26 Å². The van der Waals surface area contributed by atoms with Crippen molar-refractivity contribution in [3.8, 4) is 6.07 Å². The second-order valence-electron chi connectivity index (χ2n) is 7.63. The van der Waals surface area contributed by atoms with Crippen LogP contribution in [0.25, 0.3) is 0 Å². The van der Waals surface area contributed by atoms with Crippen molar-refractivity contribution in [2.24, 2.45) is 0 Å². The van der Waals surface area contributed by atoms with Crippen molar-refractivity contribution in [1.82, 2.24) is 9.88 Å². The van der Waals surface area contributed by atoms with Gasteiger partial charge in [0.05, 0.1) is 24.3 Å². The van der Waals surface area contributed by atoms with E-state index in [4.69, 9.17) is 10.00 Å². The minimum absolute atomic E-state index is 0.0847. The number of aliphatic hydroxyl groups excluding tert-OH is 1. The number of carbonyl (C=O) groups excluding carboxylic acids is 2. The van der Waals surface area contributed by atoms with Crippen LogP contribution in [-0.4, -0.2) is 46.1 Å². The van der Waals surface area contributed by atoms with Gasteiger partial charge in [0.15, 0.2) is 0 Å². The molecule has 1 saturated heterocycles. The van der Waals surface area contributed by atoms with Crippen LogP contribution in [-0.2, 0) is 16.1 Å². The number of rotatable bonds is 6. The molecule has 1 fully saturated rings. The van der Waals surface area contributed by atoms with E-state index < -0.39 is 12.1 Å². The second kappa shape index (κ2) is 10.0. The van der Waals surface area contributed by atoms with Gasteiger partial charge in [0.2, 0.25) is 5.91 Å². The molecule has 0 spiro atoms. The lowest BCUT2D eigenvalue weighted by atomic mass is 9.98. The van der Waals surface area contributed by atoms with Gasteiger partial charge in [-0.3, -0.25) is 14.6 Å². The van der Waals surface area contributed by atoms with Crippen molar-refractivity contribution in [3.63, 3.8) is 0 Å². The number of ether oxygens (including phenoxy) is 1. The summed E-state index contributed by atoms with van der Waals surface area (Å²) in [6, 6.07) is 18.6. The molecular weight excluding hydrogens is 420 g/mol. The van der Waals surface area contributed by atoms with Gasteiger partial charge in [0, 0.05) is 30.2 Å². The quantitative estimate of drug-likeness (QED) is 0.606. The molecule has 4 rings (SSSR count). The smallest absolute Gasteiger partial charge is 0.255 e. The van der Waals surface area contributed by atoms with Gasteiger partial charge in [0.1, 0.15) is 12.7 Å². The number of aromatic nitrogens is 1. The monoisotopic (exact) mass is 442 g/mol. The van der Waals surface area contributed by atoms with Gasteiger partial charge in [-0.15, -0.1) is 0 Å². The van der Waals surface area contributed by atoms with E-state index in [1.54, 1.807) is 71.9 Å². The fraction of sp³-hybridized carbons (Fsp3) is 0.200. The van der Waals surface area contributed by atoms with Crippen molar-refractivity contribution >= 4 is 17.5 Å². The number of nitrogens with one attached hydrogen (secondary N) is 1. The van der Waals surface area contributed by atoms with Crippen LogP contribution in [0.1, 0.15) is 33.2 Å². The molecule has 1 aromatic heterocycles. The molecular formula is C25H22N4O4. The number of amides is 2. The third-order valence-corrected chi connectivity index (χ3v) is 5.49. The van der Waals surface area contributed by atoms with E-state index in [1.165, 1.54) is 0 Å². The van der Waals surface area contributed by atoms with Crippen LogP contribution in [0.5, 0.6) is 0 Å². The van der Waals surface area contributed by atoms with E-state index in [1.807, 2.05) is 12.1 Å². The molecule has 0 saturated carbocycles. The lowest BCUT2D eigenvalue weighted by Gasteiger charge is -2.40. The van der Waals surface area contributed by atoms with Crippen LogP contribution in [0.2, 0.25) is 0 Å². The number of aliphatic hydroxyl groups is 1. The Morgan fingerprint density at radius 3 is 2.58 bits per heavy atom. The maximum atomic E-state index is 12.5. The summed E-state index contributed by atoms with van der Waals surface area (Å²) < 4.78 is 5.78. The first-order chi connectivity index (χ1) is 16.1. The highest BCUT2D eigenvalue weighted by Gasteiger charge is 2.37. The van der Waals surface area contributed by atoms with Crippen LogP contribution >= 0.6 is 0 Å². The summed E-state index contributed by atoms with van der Waals surface area (Å²) in [6.45, 7) is -0.0110. The Kier molecular flexibility index (Phi) is 6.74. The molecule has 3 aromatic rings. The molecule has 0 bridgehead atoms. The van der Waals surface area contributed by atoms with Crippen LogP contribution in [0.15, 0.2) is 73.1 Å². The third-order valence-electron chi connectivity index (χ3n) is 5.49. The summed E-state index contributed by atoms with van der Waals surface area (Å²) in [5.74, 6) is -0.483. The highest BCUT2D eigenvalue weighted by molar-refractivity contribution is 6.04. The normalized spacial score (nSPS) is 17.9. The van der Waals surface area contributed by atoms with Crippen molar-refractivity contribution in [1.29, 1.82) is 5.26 Å². The molecule has 2 N–H and O–H groups in total. The fourth-order valence-corrected chi connectivity index (χ4v) is 3.77. The molecule has 2 amide bonds. The van der Waals surface area contributed by atoms with Gasteiger partial charge in [0.25, 0.3) is 5.91 Å². The Labute approximate surface area is 191 Å². The summed E-state index contributed by atoms with van der Waals surface area (Å²) in [7, 11) is 0. The van der Waals surface area contributed by atoms with Crippen molar-refractivity contribution < 1.29 is 19.4 Å². The van der Waals surface area contributed by atoms with Crippen LogP contribution in [0.3, 0.4) is 0 Å². The summed E-state index contributed by atoms with van der Waals surface area (Å²) in [4.78, 5) is 30.7. The Balaban J connectivity index is 1.47. The lowest BCUT2D eigenvalue weighted by Crippen LogP contribution is -2.52. The summed E-state index contributed by atoms with van der Waals surface area (Å²) in [5, 5.41) is 21.8. The first kappa shape index (κ1) is 22.1. The Morgan fingerprint density at radius 1 is 1.18 bits per heavy atom. The maximum absolute atomic E-state index is 12.5. The first-order valence-electron chi connectivity index (χ1n) is 10.4. The minimum Gasteiger partial charge on any atom is -0.394 e. The highest BCUT2D eigenvalue weighted by Crippen LogP contribution is 2.31. The van der Waals surface area contributed by atoms with Gasteiger partial charge < -0.3 is 20.1 Å². The van der Waals surface area contributed by atoms with Gasteiger partial charge in [-0.25, -0.2) is 0 Å². The Morgan fingerprint density at radius 2 is 1.94 bits per heavy atom. The predicted octanol–water partition coefficient (Wildman–Crippen LogP) is 2.67. The van der Waals surface area contributed by atoms with E-state index in [-0.39, 0.29) is 25.0 Å². The predicted molar refractivity (Wildman–Crippen MR) is 120 cm³/mol. The summed E-state index contributed by atoms with van der Waals surface area (Å²) >= 11 is 0. The van der Waals surface area contributed by atoms with E-state index in [0.29, 0.717) is 23.4 Å². The number of hydrogen-bond donors (Lipinski definition) is 2. The van der Waals surface area contributed by atoms with Gasteiger partial charge in [-0.05, 0) is 53.6 Å². The van der Waals surface area contributed by atoms with Gasteiger partial charge >= 0.3 is 0 Å². The van der Waals surface area contributed by atoms with Crippen LogP contribution < -0.4 is 5.32 Å². The molecule has 2 aromatic carbocycles. The number of anilines is 1. The third kappa shape index (κ3) is 5.06. The molecule has 1 aliphatic rings. The average Bonchev–Trinajstić information content (AvgIpc) is 2.86. The molecule has 2 atom stereocenters. The Bertz CT molecular complexity index is 1160. The number of carbonyl (C=O) groups is 2. The lowest BCUT2D eigenvalue weighted by molar-refractivity contribution is -0.162. The maximum Gasteiger partial charge on any atom is 0.255 e. The standard InChI is InChI=1S/C25H22N4O4/c26-12-17-3-5-20(6-4-17)25(32)28-21-9-7-19(8-10-21)24-22(15-30)29(23(31)16-33-24)14-18-2-1-11-27-13-18/h1-11,13,22,24,30H,14-16H2,(H,28,32)/t22-,24-/m1/s1. The summed E-state index contributed by atoms with van der Waals surface area (Å²) in [5.41, 5.74) is 3.17. The van der Waals surface area contributed by atoms with Crippen LogP contribution in [0.4, 0.5) is 5.69 Å². The zero-order valence-electron chi connectivity index (χ0n) is 17.7. The number of nitriles is 1. The molecule has 0 aliphatic carbocycles. The molecule has 166 valence electrons. The fourth-order valence-electron chi connectivity index (χ4n) is 3.77. The SMILES string of the molecule is N#Cc1ccc(C(=O)Nc2ccc([C@H]3OCC(=O)N(Cc4cccnc4)[C@@H]3CO)cc2)cc1. The molecule has 0 radical (unpaired) electrons. The summed E-state index contributed by atoms with van der Waals surface area (Å²) in [6.07, 6.45) is 2.85. The van der Waals surface area contributed by atoms with E-state index in [2.05, 4.69) is 10.3 Å². The Hall–Kier alpha value is -4.06. The van der Waals surface area contributed by atoms with E-state index >= 15 is 0 Å². The number of morpholine rings is 1. The van der Waals surface area contributed by atoms with Crippen molar-refractivity contribution in [2.45, 2.75) is 18.7 Å².